The molecule has 0 spiro atoms. The highest BCUT2D eigenvalue weighted by Crippen LogP contribution is 2.29. The summed E-state index contributed by atoms with van der Waals surface area (Å²) in [6.45, 7) is 5.87. The van der Waals surface area contributed by atoms with E-state index in [1.54, 1.807) is 55.1 Å². The van der Waals surface area contributed by atoms with Crippen molar-refractivity contribution in [3.63, 3.8) is 0 Å². The number of amides is 2. The summed E-state index contributed by atoms with van der Waals surface area (Å²) in [6.07, 6.45) is 0.343. The van der Waals surface area contributed by atoms with Gasteiger partial charge in [0.05, 0.1) is 18.1 Å². The highest BCUT2D eigenvalue weighted by molar-refractivity contribution is 7.89. The molecule has 0 aliphatic carbocycles. The minimum atomic E-state index is -3.92. The van der Waals surface area contributed by atoms with Crippen LogP contribution in [0.3, 0.4) is 0 Å². The number of morpholine rings is 1. The third kappa shape index (κ3) is 4.59. The second-order valence-electron chi connectivity index (χ2n) is 8.31. The van der Waals surface area contributed by atoms with Crippen LogP contribution in [0.2, 0.25) is 5.02 Å². The molecule has 0 saturated carbocycles. The fourth-order valence-corrected chi connectivity index (χ4v) is 6.41. The van der Waals surface area contributed by atoms with Crippen molar-refractivity contribution >= 4 is 44.2 Å². The van der Waals surface area contributed by atoms with Gasteiger partial charge >= 0.3 is 0 Å². The number of likely N-dealkylation sites (tertiary alicyclic amines) is 1. The van der Waals surface area contributed by atoms with Crippen LogP contribution in [0.1, 0.15) is 20.3 Å². The Labute approximate surface area is 199 Å². The van der Waals surface area contributed by atoms with Gasteiger partial charge in [-0.25, -0.2) is 8.42 Å². The Kier molecular flexibility index (Phi) is 6.95. The first-order chi connectivity index (χ1) is 15.7. The second-order valence-corrected chi connectivity index (χ2v) is 10.6. The van der Waals surface area contributed by atoms with Crippen molar-refractivity contribution in [2.24, 2.45) is 0 Å². The molecule has 10 heteroatoms. The summed E-state index contributed by atoms with van der Waals surface area (Å²) in [5.74, 6) is -0.464. The quantitative estimate of drug-likeness (QED) is 0.616. The van der Waals surface area contributed by atoms with Crippen molar-refractivity contribution in [1.29, 1.82) is 0 Å². The standard InChI is InChI=1S/C23H28ClN3O5S/c1-3-27(33(30,31)20-7-5-17-14-19(24)6-4-18(17)15-20)21-8-9-26(23(21)29)16(2)22(28)25-10-12-32-13-11-25/h4-7,14-16,21H,3,8-13H2,1-2H3/t16-,21-/m0/s1. The maximum atomic E-state index is 13.5. The molecule has 33 heavy (non-hydrogen) atoms. The molecule has 2 aromatic rings. The second kappa shape index (κ2) is 9.58. The van der Waals surface area contributed by atoms with Crippen molar-refractivity contribution in [1.82, 2.24) is 14.1 Å². The summed E-state index contributed by atoms with van der Waals surface area (Å²) >= 11 is 6.03. The van der Waals surface area contributed by atoms with Gasteiger partial charge in [0, 0.05) is 31.2 Å². The zero-order valence-corrected chi connectivity index (χ0v) is 20.3. The molecule has 2 aliphatic rings. The predicted molar refractivity (Wildman–Crippen MR) is 126 cm³/mol. The van der Waals surface area contributed by atoms with Crippen LogP contribution in [-0.4, -0.2) is 85.8 Å². The number of hydrogen-bond donors (Lipinski definition) is 0. The zero-order valence-electron chi connectivity index (χ0n) is 18.7. The van der Waals surface area contributed by atoms with Gasteiger partial charge in [-0.05, 0) is 48.4 Å². The van der Waals surface area contributed by atoms with E-state index in [1.807, 2.05) is 0 Å². The van der Waals surface area contributed by atoms with Crippen LogP contribution in [0.5, 0.6) is 0 Å². The number of carbonyl (C=O) groups excluding carboxylic acids is 2. The number of carbonyl (C=O) groups is 2. The first-order valence-corrected chi connectivity index (χ1v) is 12.9. The maximum Gasteiger partial charge on any atom is 0.245 e. The molecule has 2 aliphatic heterocycles. The molecule has 178 valence electrons. The van der Waals surface area contributed by atoms with Gasteiger partial charge in [0.2, 0.25) is 21.8 Å². The third-order valence-electron chi connectivity index (χ3n) is 6.40. The first-order valence-electron chi connectivity index (χ1n) is 11.1. The molecular weight excluding hydrogens is 466 g/mol. The van der Waals surface area contributed by atoms with Crippen LogP contribution in [0.4, 0.5) is 0 Å². The molecule has 2 amide bonds. The van der Waals surface area contributed by atoms with Gasteiger partial charge in [-0.2, -0.15) is 4.31 Å². The van der Waals surface area contributed by atoms with E-state index in [-0.39, 0.29) is 23.3 Å². The van der Waals surface area contributed by atoms with Crippen LogP contribution >= 0.6 is 11.6 Å². The molecule has 2 aromatic carbocycles. The molecule has 0 radical (unpaired) electrons. The summed E-state index contributed by atoms with van der Waals surface area (Å²) in [7, 11) is -3.92. The van der Waals surface area contributed by atoms with E-state index in [0.29, 0.717) is 44.3 Å². The Morgan fingerprint density at radius 2 is 1.82 bits per heavy atom. The molecule has 0 N–H and O–H groups in total. The Bertz CT molecular complexity index is 1170. The summed E-state index contributed by atoms with van der Waals surface area (Å²) < 4.78 is 33.6. The number of sulfonamides is 1. The average Bonchev–Trinajstić information content (AvgIpc) is 3.19. The molecule has 2 fully saturated rings. The Hall–Kier alpha value is -2.20. The summed E-state index contributed by atoms with van der Waals surface area (Å²) in [5.41, 5.74) is 0. The van der Waals surface area contributed by atoms with Crippen molar-refractivity contribution in [3.05, 3.63) is 41.4 Å². The lowest BCUT2D eigenvalue weighted by Crippen LogP contribution is -2.53. The number of benzene rings is 2. The molecule has 2 atom stereocenters. The lowest BCUT2D eigenvalue weighted by molar-refractivity contribution is -0.146. The summed E-state index contributed by atoms with van der Waals surface area (Å²) in [4.78, 5) is 29.5. The van der Waals surface area contributed by atoms with E-state index in [2.05, 4.69) is 0 Å². The van der Waals surface area contributed by atoms with Crippen molar-refractivity contribution in [3.8, 4) is 0 Å². The molecule has 8 nitrogen and oxygen atoms in total. The number of rotatable bonds is 6. The average molecular weight is 494 g/mol. The van der Waals surface area contributed by atoms with Crippen molar-refractivity contribution < 1.29 is 22.7 Å². The smallest absolute Gasteiger partial charge is 0.245 e. The van der Waals surface area contributed by atoms with Crippen LogP contribution < -0.4 is 0 Å². The van der Waals surface area contributed by atoms with E-state index >= 15 is 0 Å². The Morgan fingerprint density at radius 3 is 2.52 bits per heavy atom. The number of fused-ring (bicyclic) bond motifs is 1. The fraction of sp³-hybridized carbons (Fsp3) is 0.478. The van der Waals surface area contributed by atoms with Crippen molar-refractivity contribution in [2.75, 3.05) is 39.4 Å². The van der Waals surface area contributed by atoms with Crippen molar-refractivity contribution in [2.45, 2.75) is 37.2 Å². The SMILES string of the molecule is CCN([C@H]1CCN([C@@H](C)C(=O)N2CCOCC2)C1=O)S(=O)(=O)c1ccc2cc(Cl)ccc2c1. The molecule has 0 aromatic heterocycles. The molecule has 2 heterocycles. The topological polar surface area (TPSA) is 87.2 Å². The van der Waals surface area contributed by atoms with Gasteiger partial charge in [-0.1, -0.05) is 30.7 Å². The van der Waals surface area contributed by atoms with E-state index < -0.39 is 22.1 Å². The lowest BCUT2D eigenvalue weighted by atomic mass is 10.1. The van der Waals surface area contributed by atoms with Gasteiger partial charge in [-0.15, -0.1) is 0 Å². The highest BCUT2D eigenvalue weighted by atomic mass is 35.5. The number of ether oxygens (including phenoxy) is 1. The van der Waals surface area contributed by atoms with Crippen LogP contribution in [0.25, 0.3) is 10.8 Å². The zero-order chi connectivity index (χ0) is 23.8. The monoisotopic (exact) mass is 493 g/mol. The largest absolute Gasteiger partial charge is 0.378 e. The maximum absolute atomic E-state index is 13.5. The highest BCUT2D eigenvalue weighted by Gasteiger charge is 2.44. The van der Waals surface area contributed by atoms with Gasteiger partial charge in [0.25, 0.3) is 0 Å². The van der Waals surface area contributed by atoms with E-state index in [9.17, 15) is 18.0 Å². The molecule has 2 saturated heterocycles. The molecular formula is C23H28ClN3O5S. The van der Waals surface area contributed by atoms with Gasteiger partial charge in [0.1, 0.15) is 12.1 Å². The van der Waals surface area contributed by atoms with Crippen LogP contribution in [0.15, 0.2) is 41.3 Å². The van der Waals surface area contributed by atoms with Gasteiger partial charge in [-0.3, -0.25) is 9.59 Å². The molecule has 0 unspecified atom stereocenters. The predicted octanol–water partition coefficient (Wildman–Crippen LogP) is 2.35. The van der Waals surface area contributed by atoms with E-state index in [4.69, 9.17) is 16.3 Å². The number of hydrogen-bond acceptors (Lipinski definition) is 5. The normalized spacial score (nSPS) is 20.6. The number of likely N-dealkylation sites (N-methyl/N-ethyl adjacent to an activating group) is 1. The van der Waals surface area contributed by atoms with Gasteiger partial charge in [0.15, 0.2) is 0 Å². The summed E-state index contributed by atoms with van der Waals surface area (Å²) in [6, 6.07) is 8.64. The first kappa shape index (κ1) is 23.9. The molecule has 0 bridgehead atoms. The Morgan fingerprint density at radius 1 is 1.15 bits per heavy atom. The molecule has 4 rings (SSSR count). The van der Waals surface area contributed by atoms with E-state index in [1.165, 1.54) is 9.21 Å². The van der Waals surface area contributed by atoms with Crippen LogP contribution in [-0.2, 0) is 24.3 Å². The number of halogens is 1. The van der Waals surface area contributed by atoms with Gasteiger partial charge < -0.3 is 14.5 Å². The third-order valence-corrected chi connectivity index (χ3v) is 8.61. The lowest BCUT2D eigenvalue weighted by Gasteiger charge is -2.33. The fourth-order valence-electron chi connectivity index (χ4n) is 4.57. The number of nitrogens with zero attached hydrogens (tertiary/aromatic N) is 3. The van der Waals surface area contributed by atoms with E-state index in [0.717, 1.165) is 10.8 Å². The minimum absolute atomic E-state index is 0.128. The Balaban J connectivity index is 1.55. The summed E-state index contributed by atoms with van der Waals surface area (Å²) in [5, 5.41) is 2.16. The van der Waals surface area contributed by atoms with Crippen LogP contribution in [0, 0.1) is 0 Å². The minimum Gasteiger partial charge on any atom is -0.378 e.